The summed E-state index contributed by atoms with van der Waals surface area (Å²) in [6.07, 6.45) is 0.406. The molecule has 0 fully saturated rings. The highest BCUT2D eigenvalue weighted by Gasteiger charge is 2.10. The number of rotatable bonds is 8. The molecule has 0 saturated carbocycles. The van der Waals surface area contributed by atoms with Crippen molar-refractivity contribution in [3.05, 3.63) is 72.4 Å². The maximum absolute atomic E-state index is 13.0. The van der Waals surface area contributed by atoms with Crippen molar-refractivity contribution >= 4 is 11.4 Å². The van der Waals surface area contributed by atoms with Crippen molar-refractivity contribution in [1.82, 2.24) is 10.2 Å². The van der Waals surface area contributed by atoms with Crippen LogP contribution >= 0.6 is 0 Å². The highest BCUT2D eigenvalue weighted by molar-refractivity contribution is 5.88. The molecule has 150 valence electrons. The van der Waals surface area contributed by atoms with Crippen LogP contribution in [0.15, 0.2) is 64.5 Å². The maximum Gasteiger partial charge on any atom is 0.247 e. The molecule has 0 unspecified atom stereocenters. The van der Waals surface area contributed by atoms with Crippen molar-refractivity contribution in [2.75, 3.05) is 6.61 Å². The summed E-state index contributed by atoms with van der Waals surface area (Å²) in [5.74, 6) is 1.79. The van der Waals surface area contributed by atoms with E-state index in [1.54, 1.807) is 12.1 Å². The SMILES string of the molecule is C=C(N=C(C)Cc1nnc(-c2ccc(F)cc2)o1)c1ccc(OCC(C)C)cc1. The van der Waals surface area contributed by atoms with Gasteiger partial charge in [-0.1, -0.05) is 20.4 Å². The molecule has 3 rings (SSSR count). The quantitative estimate of drug-likeness (QED) is 0.468. The second-order valence-corrected chi connectivity index (χ2v) is 7.21. The Morgan fingerprint density at radius 1 is 1.10 bits per heavy atom. The molecule has 0 saturated heterocycles. The molecule has 0 aliphatic carbocycles. The molecule has 6 heteroatoms. The van der Waals surface area contributed by atoms with E-state index in [1.807, 2.05) is 31.2 Å². The normalized spacial score (nSPS) is 11.7. The minimum Gasteiger partial charge on any atom is -0.493 e. The zero-order valence-corrected chi connectivity index (χ0v) is 16.9. The molecule has 0 atom stereocenters. The number of aromatic nitrogens is 2. The highest BCUT2D eigenvalue weighted by atomic mass is 19.1. The van der Waals surface area contributed by atoms with Crippen molar-refractivity contribution in [2.45, 2.75) is 27.2 Å². The van der Waals surface area contributed by atoms with Crippen LogP contribution in [0.5, 0.6) is 5.75 Å². The molecular formula is C23H24FN3O2. The molecule has 3 aromatic rings. The lowest BCUT2D eigenvalue weighted by Crippen LogP contribution is -2.04. The van der Waals surface area contributed by atoms with Gasteiger partial charge in [-0.25, -0.2) is 4.39 Å². The Kier molecular flexibility index (Phi) is 6.54. The lowest BCUT2D eigenvalue weighted by molar-refractivity contribution is 0.271. The minimum absolute atomic E-state index is 0.311. The molecule has 0 N–H and O–H groups in total. The van der Waals surface area contributed by atoms with E-state index in [-0.39, 0.29) is 5.82 Å². The summed E-state index contributed by atoms with van der Waals surface area (Å²) >= 11 is 0. The smallest absolute Gasteiger partial charge is 0.247 e. The fourth-order valence-electron chi connectivity index (χ4n) is 2.59. The van der Waals surface area contributed by atoms with Gasteiger partial charge in [-0.2, -0.15) is 0 Å². The minimum atomic E-state index is -0.311. The first-order valence-corrected chi connectivity index (χ1v) is 9.45. The van der Waals surface area contributed by atoms with Crippen LogP contribution in [0.25, 0.3) is 17.2 Å². The fraction of sp³-hybridized carbons (Fsp3) is 0.261. The first-order valence-electron chi connectivity index (χ1n) is 9.45. The average molecular weight is 393 g/mol. The Balaban J connectivity index is 1.62. The van der Waals surface area contributed by atoms with Gasteiger partial charge in [-0.15, -0.1) is 10.2 Å². The van der Waals surface area contributed by atoms with E-state index in [0.29, 0.717) is 42.0 Å². The summed E-state index contributed by atoms with van der Waals surface area (Å²) in [6, 6.07) is 13.6. The third-order valence-electron chi connectivity index (χ3n) is 4.06. The summed E-state index contributed by atoms with van der Waals surface area (Å²) < 4.78 is 24.4. The van der Waals surface area contributed by atoms with Crippen LogP contribution < -0.4 is 4.74 Å². The molecule has 0 amide bonds. The lowest BCUT2D eigenvalue weighted by atomic mass is 10.1. The molecule has 29 heavy (non-hydrogen) atoms. The highest BCUT2D eigenvalue weighted by Crippen LogP contribution is 2.21. The van der Waals surface area contributed by atoms with E-state index < -0.39 is 0 Å². The predicted octanol–water partition coefficient (Wildman–Crippen LogP) is 5.58. The number of ether oxygens (including phenoxy) is 1. The third-order valence-corrected chi connectivity index (χ3v) is 4.06. The molecule has 2 aromatic carbocycles. The van der Waals surface area contributed by atoms with Crippen LogP contribution in [-0.2, 0) is 6.42 Å². The van der Waals surface area contributed by atoms with E-state index in [0.717, 1.165) is 17.0 Å². The van der Waals surface area contributed by atoms with Gasteiger partial charge in [-0.05, 0) is 66.9 Å². The Hall–Kier alpha value is -3.28. The predicted molar refractivity (Wildman–Crippen MR) is 112 cm³/mol. The lowest BCUT2D eigenvalue weighted by Gasteiger charge is -2.09. The van der Waals surface area contributed by atoms with Crippen LogP contribution in [-0.4, -0.2) is 22.5 Å². The summed E-state index contributed by atoms with van der Waals surface area (Å²) in [4.78, 5) is 4.54. The zero-order chi connectivity index (χ0) is 20.8. The first kappa shape index (κ1) is 20.5. The van der Waals surface area contributed by atoms with Crippen molar-refractivity contribution < 1.29 is 13.5 Å². The van der Waals surface area contributed by atoms with Gasteiger partial charge in [0.2, 0.25) is 11.8 Å². The Labute approximate surface area is 170 Å². The standard InChI is InChI=1S/C23H24FN3O2/c1-15(2)14-28-21-11-7-18(8-12-21)17(4)25-16(3)13-22-26-27-23(29-22)19-5-9-20(24)10-6-19/h5-12,15H,4,13-14H2,1-3H3. The van der Waals surface area contributed by atoms with Crippen LogP contribution in [0.1, 0.15) is 32.2 Å². The van der Waals surface area contributed by atoms with Gasteiger partial charge in [0.25, 0.3) is 0 Å². The Morgan fingerprint density at radius 2 is 1.79 bits per heavy atom. The molecular weight excluding hydrogens is 369 g/mol. The largest absolute Gasteiger partial charge is 0.493 e. The average Bonchev–Trinajstić information content (AvgIpc) is 3.15. The molecule has 0 bridgehead atoms. The number of benzene rings is 2. The summed E-state index contributed by atoms with van der Waals surface area (Å²) in [7, 11) is 0. The molecule has 0 aliphatic rings. The number of halogens is 1. The number of hydrogen-bond donors (Lipinski definition) is 0. The second-order valence-electron chi connectivity index (χ2n) is 7.21. The monoisotopic (exact) mass is 393 g/mol. The van der Waals surface area contributed by atoms with Crippen LogP contribution in [0.4, 0.5) is 4.39 Å². The van der Waals surface area contributed by atoms with E-state index in [2.05, 4.69) is 35.6 Å². The Bertz CT molecular complexity index is 990. The van der Waals surface area contributed by atoms with E-state index in [1.165, 1.54) is 12.1 Å². The van der Waals surface area contributed by atoms with Crippen molar-refractivity contribution in [1.29, 1.82) is 0 Å². The van der Waals surface area contributed by atoms with Gasteiger partial charge < -0.3 is 9.15 Å². The Morgan fingerprint density at radius 3 is 2.45 bits per heavy atom. The number of nitrogens with zero attached hydrogens (tertiary/aromatic N) is 3. The van der Waals surface area contributed by atoms with Gasteiger partial charge in [-0.3, -0.25) is 4.99 Å². The van der Waals surface area contributed by atoms with Crippen molar-refractivity contribution in [3.63, 3.8) is 0 Å². The summed E-state index contributed by atoms with van der Waals surface area (Å²) in [6.45, 7) is 10.8. The third kappa shape index (κ3) is 5.85. The molecule has 5 nitrogen and oxygen atoms in total. The van der Waals surface area contributed by atoms with Gasteiger partial charge in [0.15, 0.2) is 0 Å². The van der Waals surface area contributed by atoms with Gasteiger partial charge in [0.1, 0.15) is 11.6 Å². The van der Waals surface area contributed by atoms with Crippen LogP contribution in [0.3, 0.4) is 0 Å². The molecule has 0 aliphatic heterocycles. The van der Waals surface area contributed by atoms with Crippen molar-refractivity contribution in [3.8, 4) is 17.2 Å². The molecule has 0 spiro atoms. The zero-order valence-electron chi connectivity index (χ0n) is 16.9. The number of hydrogen-bond acceptors (Lipinski definition) is 5. The summed E-state index contributed by atoms with van der Waals surface area (Å²) in [5.41, 5.74) is 3.03. The molecule has 0 radical (unpaired) electrons. The van der Waals surface area contributed by atoms with E-state index >= 15 is 0 Å². The van der Waals surface area contributed by atoms with E-state index in [4.69, 9.17) is 9.15 Å². The van der Waals surface area contributed by atoms with Gasteiger partial charge >= 0.3 is 0 Å². The first-order chi connectivity index (χ1) is 13.9. The van der Waals surface area contributed by atoms with E-state index in [9.17, 15) is 4.39 Å². The number of aliphatic imine (C=N–C) groups is 1. The molecule has 1 heterocycles. The topological polar surface area (TPSA) is 60.5 Å². The fourth-order valence-corrected chi connectivity index (χ4v) is 2.59. The molecule has 1 aromatic heterocycles. The second kappa shape index (κ2) is 9.28. The van der Waals surface area contributed by atoms with Gasteiger partial charge in [0, 0.05) is 11.3 Å². The summed E-state index contributed by atoms with van der Waals surface area (Å²) in [5, 5.41) is 8.06. The maximum atomic E-state index is 13.0. The van der Waals surface area contributed by atoms with Crippen LogP contribution in [0, 0.1) is 11.7 Å². The van der Waals surface area contributed by atoms with Gasteiger partial charge in [0.05, 0.1) is 18.7 Å². The van der Waals surface area contributed by atoms with Crippen molar-refractivity contribution in [2.24, 2.45) is 10.9 Å². The van der Waals surface area contributed by atoms with Crippen LogP contribution in [0.2, 0.25) is 0 Å².